The second kappa shape index (κ2) is 6.57. The summed E-state index contributed by atoms with van der Waals surface area (Å²) < 4.78 is 0. The van der Waals surface area contributed by atoms with Gasteiger partial charge in [0.15, 0.2) is 0 Å². The highest BCUT2D eigenvalue weighted by Crippen LogP contribution is 2.01. The Morgan fingerprint density at radius 1 is 1.14 bits per heavy atom. The lowest BCUT2D eigenvalue weighted by Gasteiger charge is -2.07. The molecule has 0 aliphatic rings. The van der Waals surface area contributed by atoms with E-state index >= 15 is 0 Å². The lowest BCUT2D eigenvalue weighted by molar-refractivity contribution is -0.125. The molecule has 0 saturated heterocycles. The maximum atomic E-state index is 11.2. The van der Waals surface area contributed by atoms with Crippen LogP contribution in [0, 0.1) is 11.8 Å². The molecule has 0 heterocycles. The number of hydrogen-bond donors (Lipinski definition) is 1. The zero-order valence-electron chi connectivity index (χ0n) is 9.59. The Kier molecular flexibility index (Phi) is 6.17. The molecule has 3 heteroatoms. The number of amides is 1. The van der Waals surface area contributed by atoms with Crippen molar-refractivity contribution in [2.24, 2.45) is 11.8 Å². The Labute approximate surface area is 87.7 Å². The fraction of sp³-hybridized carbons (Fsp3) is 0.818. The molecule has 0 aromatic rings. The molecular formula is C11H23NO2. The second-order valence-corrected chi connectivity index (χ2v) is 4.17. The zero-order chi connectivity index (χ0) is 11.1. The first kappa shape index (κ1) is 13.1. The first-order chi connectivity index (χ1) is 6.45. The summed E-state index contributed by atoms with van der Waals surface area (Å²) in [6.45, 7) is 8.11. The first-order valence-electron chi connectivity index (χ1n) is 5.25. The van der Waals surface area contributed by atoms with E-state index in [1.54, 1.807) is 0 Å². The van der Waals surface area contributed by atoms with Crippen molar-refractivity contribution >= 4 is 11.7 Å². The summed E-state index contributed by atoms with van der Waals surface area (Å²) in [4.78, 5) is 22.3. The molecule has 0 rings (SSSR count). The third-order valence-electron chi connectivity index (χ3n) is 2.07. The van der Waals surface area contributed by atoms with Gasteiger partial charge in [-0.15, -0.1) is 0 Å². The van der Waals surface area contributed by atoms with Crippen LogP contribution in [0.2, 0.25) is 0 Å². The fourth-order valence-corrected chi connectivity index (χ4v) is 0.967. The van der Waals surface area contributed by atoms with Gasteiger partial charge in [-0.2, -0.15) is 0 Å². The molecule has 0 aliphatic carbocycles. The van der Waals surface area contributed by atoms with Gasteiger partial charge in [-0.3, -0.25) is 9.59 Å². The van der Waals surface area contributed by atoms with Crippen LogP contribution in [0.25, 0.3) is 0 Å². The molecule has 0 saturated carbocycles. The van der Waals surface area contributed by atoms with Gasteiger partial charge in [0.1, 0.15) is 5.78 Å². The summed E-state index contributed by atoms with van der Waals surface area (Å²) in [6.07, 6.45) is 1.31. The van der Waals surface area contributed by atoms with E-state index in [4.69, 9.17) is 0 Å². The van der Waals surface area contributed by atoms with Gasteiger partial charge in [-0.05, 0) is 6.42 Å². The largest absolute Gasteiger partial charge is 0.356 e. The van der Waals surface area contributed by atoms with Gasteiger partial charge in [0.05, 0.1) is 0 Å². The van der Waals surface area contributed by atoms with Gasteiger partial charge in [0.25, 0.3) is 0 Å². The highest BCUT2D eigenvalue weighted by Gasteiger charge is 2.08. The smallest absolute Gasteiger partial charge is 0.222 e. The highest BCUT2D eigenvalue weighted by atomic mass is 16.1. The van der Waals surface area contributed by atoms with Crippen molar-refractivity contribution in [1.29, 1.82) is 0 Å². The molecule has 3 nitrogen and oxygen atoms in total. The molecule has 0 spiro atoms. The van der Waals surface area contributed by atoms with Gasteiger partial charge in [-0.25, -0.2) is 0 Å². The number of nitrogens with one attached hydrogen (secondary N) is 1. The van der Waals surface area contributed by atoms with Crippen LogP contribution in [0.5, 0.6) is 0 Å². The third-order valence-corrected chi connectivity index (χ3v) is 2.07. The van der Waals surface area contributed by atoms with Crippen LogP contribution < -0.4 is 5.32 Å². The van der Waals surface area contributed by atoms with Crippen molar-refractivity contribution in [2.75, 3.05) is 6.54 Å². The van der Waals surface area contributed by atoms with Crippen LogP contribution in [0.3, 0.4) is 0 Å². The minimum atomic E-state index is 0. The van der Waals surface area contributed by atoms with E-state index in [1.165, 1.54) is 0 Å². The lowest BCUT2D eigenvalue weighted by Crippen LogP contribution is -2.29. The quantitative estimate of drug-likeness (QED) is 0.668. The molecular weight excluding hydrogens is 178 g/mol. The van der Waals surface area contributed by atoms with Crippen molar-refractivity contribution in [3.05, 3.63) is 0 Å². The Hall–Kier alpha value is -0.860. The number of hydrogen-bond acceptors (Lipinski definition) is 2. The molecule has 0 unspecified atom stereocenters. The minimum Gasteiger partial charge on any atom is -0.356 e. The van der Waals surface area contributed by atoms with E-state index in [-0.39, 0.29) is 25.0 Å². The summed E-state index contributed by atoms with van der Waals surface area (Å²) >= 11 is 0. The summed E-state index contributed by atoms with van der Waals surface area (Å²) in [6, 6.07) is 0. The first-order valence-corrected chi connectivity index (χ1v) is 5.25. The molecule has 14 heavy (non-hydrogen) atoms. The van der Waals surface area contributed by atoms with E-state index in [1.807, 2.05) is 27.7 Å². The van der Waals surface area contributed by atoms with Crippen LogP contribution in [0.1, 0.15) is 42.0 Å². The highest BCUT2D eigenvalue weighted by molar-refractivity contribution is 5.80. The van der Waals surface area contributed by atoms with Gasteiger partial charge in [0.2, 0.25) is 5.91 Å². The standard InChI is InChI=1S/C11H21NO2.H2/c1-8(2)10(13)6-5-7-12-11(14)9(3)4;/h8-9H,5-7H2,1-4H3,(H,12,14);1H. The molecule has 0 radical (unpaired) electrons. The third kappa shape index (κ3) is 5.73. The fourth-order valence-electron chi connectivity index (χ4n) is 0.967. The summed E-state index contributed by atoms with van der Waals surface area (Å²) in [5.41, 5.74) is 0. The number of Topliss-reactive ketones (excluding diaryl/α,β-unsaturated/α-hetero) is 1. The van der Waals surface area contributed by atoms with Gasteiger partial charge < -0.3 is 5.32 Å². The molecule has 0 fully saturated rings. The van der Waals surface area contributed by atoms with Crippen molar-refractivity contribution in [1.82, 2.24) is 5.32 Å². The van der Waals surface area contributed by atoms with E-state index in [0.29, 0.717) is 13.0 Å². The number of ketones is 1. The van der Waals surface area contributed by atoms with E-state index in [9.17, 15) is 9.59 Å². The lowest BCUT2D eigenvalue weighted by atomic mass is 10.0. The van der Waals surface area contributed by atoms with Crippen LogP contribution >= 0.6 is 0 Å². The van der Waals surface area contributed by atoms with Gasteiger partial charge in [-0.1, -0.05) is 27.7 Å². The minimum absolute atomic E-state index is 0. The zero-order valence-corrected chi connectivity index (χ0v) is 9.59. The van der Waals surface area contributed by atoms with E-state index in [2.05, 4.69) is 5.32 Å². The van der Waals surface area contributed by atoms with Gasteiger partial charge >= 0.3 is 0 Å². The summed E-state index contributed by atoms with van der Waals surface area (Å²) in [7, 11) is 0. The number of carbonyl (C=O) groups is 2. The Bertz CT molecular complexity index is 181. The maximum absolute atomic E-state index is 11.2. The monoisotopic (exact) mass is 201 g/mol. The number of carbonyl (C=O) groups excluding carboxylic acids is 2. The van der Waals surface area contributed by atoms with E-state index in [0.717, 1.165) is 6.42 Å². The van der Waals surface area contributed by atoms with Crippen LogP contribution in [0.4, 0.5) is 0 Å². The molecule has 1 N–H and O–H groups in total. The topological polar surface area (TPSA) is 46.2 Å². The van der Waals surface area contributed by atoms with Crippen molar-refractivity contribution < 1.29 is 11.0 Å². The number of rotatable bonds is 6. The summed E-state index contributed by atoms with van der Waals surface area (Å²) in [5.74, 6) is 0.456. The SMILES string of the molecule is CC(C)C(=O)CCCNC(=O)C(C)C.[HH]. The Morgan fingerprint density at radius 3 is 2.14 bits per heavy atom. The predicted molar refractivity (Wildman–Crippen MR) is 59.0 cm³/mol. The van der Waals surface area contributed by atoms with Gasteiger partial charge in [0, 0.05) is 26.2 Å². The average molecular weight is 201 g/mol. The molecule has 84 valence electrons. The molecule has 0 bridgehead atoms. The predicted octanol–water partition coefficient (Wildman–Crippen LogP) is 2.01. The molecule has 0 aliphatic heterocycles. The normalized spacial score (nSPS) is 10.7. The molecule has 1 amide bonds. The Morgan fingerprint density at radius 2 is 1.71 bits per heavy atom. The van der Waals surface area contributed by atoms with Crippen LogP contribution in [0.15, 0.2) is 0 Å². The van der Waals surface area contributed by atoms with Crippen LogP contribution in [-0.2, 0) is 9.59 Å². The Balaban J connectivity index is 0. The van der Waals surface area contributed by atoms with Crippen molar-refractivity contribution in [2.45, 2.75) is 40.5 Å². The maximum Gasteiger partial charge on any atom is 0.222 e. The van der Waals surface area contributed by atoms with Crippen LogP contribution in [-0.4, -0.2) is 18.2 Å². The molecule has 0 aromatic heterocycles. The van der Waals surface area contributed by atoms with Crippen molar-refractivity contribution in [3.63, 3.8) is 0 Å². The molecule has 0 atom stereocenters. The molecule has 0 aromatic carbocycles. The van der Waals surface area contributed by atoms with E-state index < -0.39 is 0 Å². The van der Waals surface area contributed by atoms with Crippen molar-refractivity contribution in [3.8, 4) is 0 Å². The summed E-state index contributed by atoms with van der Waals surface area (Å²) in [5, 5.41) is 2.79. The average Bonchev–Trinajstić information content (AvgIpc) is 2.11. The second-order valence-electron chi connectivity index (χ2n) is 4.17.